The van der Waals surface area contributed by atoms with Gasteiger partial charge in [-0.15, -0.1) is 0 Å². The lowest BCUT2D eigenvalue weighted by atomic mass is 10.0. The van der Waals surface area contributed by atoms with Gasteiger partial charge >= 0.3 is 0 Å². The van der Waals surface area contributed by atoms with E-state index in [1.165, 1.54) is 17.5 Å². The molecule has 0 spiro atoms. The smallest absolute Gasteiger partial charge is 0.181 e. The summed E-state index contributed by atoms with van der Waals surface area (Å²) in [6.07, 6.45) is 3.41. The van der Waals surface area contributed by atoms with Crippen LogP contribution in [0.5, 0.6) is 5.75 Å². The number of nitrogens with one attached hydrogen (secondary N) is 1. The predicted molar refractivity (Wildman–Crippen MR) is 99.8 cm³/mol. The maximum Gasteiger partial charge on any atom is 0.181 e. The Hall–Kier alpha value is -3.13. The molecule has 0 saturated heterocycles. The first-order valence-corrected chi connectivity index (χ1v) is 8.90. The second kappa shape index (κ2) is 6.64. The standard InChI is InChI=1S/C21H20N4O/c1-13(2)26-19-11-15(9-10-16(19)12-22)20-23-21(25-24-20)18-8-4-6-14-5-3-7-17(14)18/h4,6,8-11,13H,3,5,7H2,1-2H3,(H,23,24,25). The molecule has 5 nitrogen and oxygen atoms in total. The van der Waals surface area contributed by atoms with Crippen LogP contribution in [0.15, 0.2) is 36.4 Å². The minimum absolute atomic E-state index is 0.00744. The molecule has 0 atom stereocenters. The Morgan fingerprint density at radius 1 is 1.19 bits per heavy atom. The molecule has 0 fully saturated rings. The number of aryl methyl sites for hydroxylation is 1. The number of hydrogen-bond acceptors (Lipinski definition) is 4. The first kappa shape index (κ1) is 16.3. The lowest BCUT2D eigenvalue weighted by Crippen LogP contribution is -2.07. The Labute approximate surface area is 152 Å². The SMILES string of the molecule is CC(C)Oc1cc(-c2n[nH]c(-c3cccc4c3CCC4)n2)ccc1C#N. The molecule has 26 heavy (non-hydrogen) atoms. The van der Waals surface area contributed by atoms with Gasteiger partial charge in [-0.25, -0.2) is 4.98 Å². The number of hydrogen-bond donors (Lipinski definition) is 1. The van der Waals surface area contributed by atoms with Gasteiger partial charge in [-0.1, -0.05) is 18.2 Å². The highest BCUT2D eigenvalue weighted by Crippen LogP contribution is 2.32. The molecular weight excluding hydrogens is 324 g/mol. The lowest BCUT2D eigenvalue weighted by Gasteiger charge is -2.11. The molecule has 0 aliphatic heterocycles. The fourth-order valence-electron chi connectivity index (χ4n) is 3.46. The Kier molecular flexibility index (Phi) is 4.18. The van der Waals surface area contributed by atoms with Crippen molar-refractivity contribution in [1.82, 2.24) is 15.2 Å². The van der Waals surface area contributed by atoms with Gasteiger partial charge in [-0.3, -0.25) is 5.10 Å². The van der Waals surface area contributed by atoms with Crippen LogP contribution in [-0.4, -0.2) is 21.3 Å². The van der Waals surface area contributed by atoms with E-state index in [0.717, 1.165) is 29.8 Å². The van der Waals surface area contributed by atoms with Crippen molar-refractivity contribution in [1.29, 1.82) is 5.26 Å². The first-order valence-electron chi connectivity index (χ1n) is 8.90. The number of ether oxygens (including phenoxy) is 1. The predicted octanol–water partition coefficient (Wildman–Crippen LogP) is 4.29. The molecule has 5 heteroatoms. The van der Waals surface area contributed by atoms with Crippen LogP contribution in [0.2, 0.25) is 0 Å². The van der Waals surface area contributed by atoms with Crippen LogP contribution < -0.4 is 4.74 Å². The number of benzene rings is 2. The van der Waals surface area contributed by atoms with E-state index in [1.54, 1.807) is 6.07 Å². The summed E-state index contributed by atoms with van der Waals surface area (Å²) in [6, 6.07) is 14.0. The number of H-pyrrole nitrogens is 1. The Morgan fingerprint density at radius 2 is 2.08 bits per heavy atom. The van der Waals surface area contributed by atoms with Crippen LogP contribution in [-0.2, 0) is 12.8 Å². The van der Waals surface area contributed by atoms with E-state index >= 15 is 0 Å². The van der Waals surface area contributed by atoms with Crippen LogP contribution in [0.25, 0.3) is 22.8 Å². The number of rotatable bonds is 4. The maximum absolute atomic E-state index is 9.27. The van der Waals surface area contributed by atoms with Crippen molar-refractivity contribution in [2.75, 3.05) is 0 Å². The van der Waals surface area contributed by atoms with E-state index in [4.69, 9.17) is 9.72 Å². The van der Waals surface area contributed by atoms with Crippen molar-refractivity contribution in [3.8, 4) is 34.6 Å². The topological polar surface area (TPSA) is 74.6 Å². The molecule has 1 heterocycles. The minimum atomic E-state index is -0.00744. The number of nitriles is 1. The van der Waals surface area contributed by atoms with E-state index in [0.29, 0.717) is 17.1 Å². The molecular formula is C21H20N4O. The normalized spacial score (nSPS) is 12.8. The van der Waals surface area contributed by atoms with Gasteiger partial charge in [0.2, 0.25) is 0 Å². The largest absolute Gasteiger partial charge is 0.490 e. The second-order valence-corrected chi connectivity index (χ2v) is 6.79. The third-order valence-corrected chi connectivity index (χ3v) is 4.61. The van der Waals surface area contributed by atoms with Crippen molar-refractivity contribution in [2.24, 2.45) is 0 Å². The summed E-state index contributed by atoms with van der Waals surface area (Å²) in [5.41, 5.74) is 5.25. The van der Waals surface area contributed by atoms with Gasteiger partial charge in [-0.05, 0) is 62.4 Å². The summed E-state index contributed by atoms with van der Waals surface area (Å²) in [5.74, 6) is 1.95. The number of fused-ring (bicyclic) bond motifs is 1. The summed E-state index contributed by atoms with van der Waals surface area (Å²) in [4.78, 5) is 4.70. The second-order valence-electron chi connectivity index (χ2n) is 6.79. The number of aromatic nitrogens is 3. The van der Waals surface area contributed by atoms with Crippen LogP contribution in [0, 0.1) is 11.3 Å². The first-order chi connectivity index (χ1) is 12.7. The van der Waals surface area contributed by atoms with Gasteiger partial charge in [0.1, 0.15) is 11.8 Å². The summed E-state index contributed by atoms with van der Waals surface area (Å²) in [6.45, 7) is 3.88. The van der Waals surface area contributed by atoms with E-state index in [9.17, 15) is 5.26 Å². The molecule has 1 N–H and O–H groups in total. The van der Waals surface area contributed by atoms with Crippen LogP contribution in [0.1, 0.15) is 37.0 Å². The lowest BCUT2D eigenvalue weighted by molar-refractivity contribution is 0.242. The van der Waals surface area contributed by atoms with Gasteiger partial charge in [0.15, 0.2) is 11.6 Å². The molecule has 3 aromatic rings. The molecule has 0 unspecified atom stereocenters. The average molecular weight is 344 g/mol. The summed E-state index contributed by atoms with van der Waals surface area (Å²) in [5, 5.41) is 16.7. The van der Waals surface area contributed by atoms with Crippen molar-refractivity contribution in [2.45, 2.75) is 39.2 Å². The summed E-state index contributed by atoms with van der Waals surface area (Å²) >= 11 is 0. The van der Waals surface area contributed by atoms with E-state index in [2.05, 4.69) is 34.5 Å². The third-order valence-electron chi connectivity index (χ3n) is 4.61. The molecule has 1 aliphatic carbocycles. The molecule has 0 saturated carbocycles. The molecule has 0 bridgehead atoms. The van der Waals surface area contributed by atoms with Crippen LogP contribution in [0.4, 0.5) is 0 Å². The molecule has 1 aliphatic rings. The van der Waals surface area contributed by atoms with Gasteiger partial charge in [-0.2, -0.15) is 10.4 Å². The van der Waals surface area contributed by atoms with Crippen molar-refractivity contribution >= 4 is 0 Å². The van der Waals surface area contributed by atoms with Crippen molar-refractivity contribution in [3.05, 3.63) is 53.1 Å². The van der Waals surface area contributed by atoms with Crippen molar-refractivity contribution < 1.29 is 4.74 Å². The molecule has 4 rings (SSSR count). The zero-order valence-electron chi connectivity index (χ0n) is 14.9. The van der Waals surface area contributed by atoms with E-state index in [-0.39, 0.29) is 6.10 Å². The Balaban J connectivity index is 1.71. The monoisotopic (exact) mass is 344 g/mol. The maximum atomic E-state index is 9.27. The zero-order valence-corrected chi connectivity index (χ0v) is 14.9. The molecule has 0 radical (unpaired) electrons. The molecule has 1 aromatic heterocycles. The highest BCUT2D eigenvalue weighted by atomic mass is 16.5. The highest BCUT2D eigenvalue weighted by molar-refractivity contribution is 5.67. The van der Waals surface area contributed by atoms with E-state index < -0.39 is 0 Å². The highest BCUT2D eigenvalue weighted by Gasteiger charge is 2.18. The van der Waals surface area contributed by atoms with Crippen molar-refractivity contribution in [3.63, 3.8) is 0 Å². The zero-order chi connectivity index (χ0) is 18.1. The third kappa shape index (κ3) is 2.95. The van der Waals surface area contributed by atoms with E-state index in [1.807, 2.05) is 26.0 Å². The number of nitrogens with zero attached hydrogens (tertiary/aromatic N) is 3. The van der Waals surface area contributed by atoms with Crippen LogP contribution in [0.3, 0.4) is 0 Å². The fourth-order valence-corrected chi connectivity index (χ4v) is 3.46. The Bertz CT molecular complexity index is 997. The molecule has 130 valence electrons. The molecule has 2 aromatic carbocycles. The quantitative estimate of drug-likeness (QED) is 0.766. The summed E-state index contributed by atoms with van der Waals surface area (Å²) < 4.78 is 5.76. The van der Waals surface area contributed by atoms with Crippen LogP contribution >= 0.6 is 0 Å². The van der Waals surface area contributed by atoms with Gasteiger partial charge in [0.05, 0.1) is 11.7 Å². The molecule has 0 amide bonds. The van der Waals surface area contributed by atoms with Gasteiger partial charge in [0.25, 0.3) is 0 Å². The fraction of sp³-hybridized carbons (Fsp3) is 0.286. The van der Waals surface area contributed by atoms with Gasteiger partial charge < -0.3 is 4.74 Å². The minimum Gasteiger partial charge on any atom is -0.490 e. The Morgan fingerprint density at radius 3 is 2.88 bits per heavy atom. The van der Waals surface area contributed by atoms with Gasteiger partial charge in [0, 0.05) is 11.1 Å². The average Bonchev–Trinajstić information content (AvgIpc) is 3.30. The number of aromatic amines is 1. The summed E-state index contributed by atoms with van der Waals surface area (Å²) in [7, 11) is 0.